The van der Waals surface area contributed by atoms with Gasteiger partial charge in [-0.1, -0.05) is 63.5 Å². The van der Waals surface area contributed by atoms with E-state index in [0.29, 0.717) is 36.6 Å². The van der Waals surface area contributed by atoms with E-state index < -0.39 is 20.0 Å². The van der Waals surface area contributed by atoms with Crippen LogP contribution < -0.4 is 14.4 Å². The normalized spacial score (nSPS) is 16.7. The van der Waals surface area contributed by atoms with Crippen LogP contribution in [0.25, 0.3) is 0 Å². The smallest absolute Gasteiger partial charge is 0.191 e. The summed E-state index contributed by atoms with van der Waals surface area (Å²) >= 11 is 0. The van der Waals surface area contributed by atoms with E-state index in [1.165, 1.54) is 5.57 Å². The topological polar surface area (TPSA) is 78.9 Å². The molecule has 9 heteroatoms. The Labute approximate surface area is 287 Å². The Bertz CT molecular complexity index is 1130. The van der Waals surface area contributed by atoms with Crippen LogP contribution in [0.15, 0.2) is 61.7 Å². The third kappa shape index (κ3) is 12.2. The molecule has 1 aromatic rings. The van der Waals surface area contributed by atoms with E-state index in [9.17, 15) is 5.11 Å². The highest BCUT2D eigenvalue weighted by Crippen LogP contribution is 2.48. The van der Waals surface area contributed by atoms with Gasteiger partial charge in [0.2, 0.25) is 0 Å². The van der Waals surface area contributed by atoms with Crippen LogP contribution in [0.3, 0.4) is 0 Å². The summed E-state index contributed by atoms with van der Waals surface area (Å²) in [4.78, 5) is 2.07. The minimum Gasteiger partial charge on any atom is -0.497 e. The third-order valence-electron chi connectivity index (χ3n) is 8.82. The standard InChI is InChI=1S/C38H65NO7Si/c1-15-19-22-47(13,14)46-38(40,33-26-32(42-9)27-34(37(33)45-12)39(20-16-2)21-17-3)30(7)25-35(43-10)36(44-11)29(6)23-28(5)24-31(18-4)41-8/h16-18,23,26-27,29-31,35-36,40H,2-4,15,19-22,24-25H2,1,5-14H3. The van der Waals surface area contributed by atoms with E-state index in [1.807, 2.05) is 37.3 Å². The summed E-state index contributed by atoms with van der Waals surface area (Å²) in [5, 5.41) is 13.0. The lowest BCUT2D eigenvalue weighted by molar-refractivity contribution is -0.203. The first-order valence-electron chi connectivity index (χ1n) is 16.8. The largest absolute Gasteiger partial charge is 0.497 e. The second-order valence-electron chi connectivity index (χ2n) is 13.1. The monoisotopic (exact) mass is 675 g/mol. The van der Waals surface area contributed by atoms with Crippen LogP contribution in [0, 0.1) is 11.8 Å². The Hall–Kier alpha value is -2.40. The number of nitrogens with zero attached hydrogens (tertiary/aromatic N) is 1. The van der Waals surface area contributed by atoms with Crippen molar-refractivity contribution in [3.8, 4) is 11.5 Å². The molecule has 0 saturated heterocycles. The highest BCUT2D eigenvalue weighted by atomic mass is 28.4. The summed E-state index contributed by atoms with van der Waals surface area (Å²) in [5.74, 6) is -1.05. The average Bonchev–Trinajstić information content (AvgIpc) is 3.04. The number of rotatable bonds is 25. The number of ether oxygens (including phenoxy) is 5. The van der Waals surface area contributed by atoms with E-state index in [2.05, 4.69) is 64.6 Å². The van der Waals surface area contributed by atoms with Gasteiger partial charge in [-0.05, 0) is 45.0 Å². The molecule has 0 aliphatic rings. The molecule has 0 bridgehead atoms. The summed E-state index contributed by atoms with van der Waals surface area (Å²) in [5.41, 5.74) is 2.44. The Morgan fingerprint density at radius 1 is 0.979 bits per heavy atom. The van der Waals surface area contributed by atoms with Gasteiger partial charge < -0.3 is 38.1 Å². The highest BCUT2D eigenvalue weighted by molar-refractivity contribution is 6.71. The van der Waals surface area contributed by atoms with Gasteiger partial charge in [0.1, 0.15) is 5.75 Å². The fraction of sp³-hybridized carbons (Fsp3) is 0.632. The molecule has 1 N–H and O–H groups in total. The average molecular weight is 676 g/mol. The number of hydrogen-bond donors (Lipinski definition) is 1. The molecule has 0 radical (unpaired) electrons. The molecule has 0 saturated carbocycles. The fourth-order valence-corrected chi connectivity index (χ4v) is 8.73. The first-order valence-corrected chi connectivity index (χ1v) is 19.9. The first kappa shape index (κ1) is 42.6. The fourth-order valence-electron chi connectivity index (χ4n) is 6.27. The molecule has 8 nitrogen and oxygen atoms in total. The summed E-state index contributed by atoms with van der Waals surface area (Å²) in [6, 6.07) is 4.65. The zero-order valence-corrected chi connectivity index (χ0v) is 32.3. The Balaban J connectivity index is 3.82. The lowest BCUT2D eigenvalue weighted by Gasteiger charge is -2.43. The SMILES string of the molecule is C=CCN(CC=C)c1cc(OC)cc(C(O)(O[Si](C)(C)CCCC)C(C)CC(OC)C(OC)C(C)C=C(C)CC(C=C)OC)c1OC. The van der Waals surface area contributed by atoms with Gasteiger partial charge >= 0.3 is 0 Å². The molecule has 0 spiro atoms. The van der Waals surface area contributed by atoms with Gasteiger partial charge in [-0.2, -0.15) is 0 Å². The molecule has 0 heterocycles. The van der Waals surface area contributed by atoms with Crippen molar-refractivity contribution in [3.05, 3.63) is 67.3 Å². The molecule has 0 aromatic heterocycles. The second kappa shape index (κ2) is 20.8. The minimum atomic E-state index is -2.40. The molecule has 47 heavy (non-hydrogen) atoms. The van der Waals surface area contributed by atoms with Crippen LogP contribution in [0.2, 0.25) is 19.1 Å². The molecule has 0 fully saturated rings. The van der Waals surface area contributed by atoms with Gasteiger partial charge in [0.05, 0.1) is 43.8 Å². The van der Waals surface area contributed by atoms with Crippen LogP contribution >= 0.6 is 0 Å². The maximum absolute atomic E-state index is 13.0. The van der Waals surface area contributed by atoms with E-state index in [0.717, 1.165) is 31.0 Å². The predicted octanol–water partition coefficient (Wildman–Crippen LogP) is 8.28. The Morgan fingerprint density at radius 2 is 1.62 bits per heavy atom. The van der Waals surface area contributed by atoms with Crippen LogP contribution in [-0.4, -0.2) is 80.4 Å². The predicted molar refractivity (Wildman–Crippen MR) is 198 cm³/mol. The maximum atomic E-state index is 13.0. The highest BCUT2D eigenvalue weighted by Gasteiger charge is 2.47. The molecule has 6 atom stereocenters. The molecular weight excluding hydrogens is 611 g/mol. The van der Waals surface area contributed by atoms with Gasteiger partial charge in [0.15, 0.2) is 19.9 Å². The number of benzene rings is 1. The van der Waals surface area contributed by atoms with E-state index in [-0.39, 0.29) is 24.2 Å². The summed E-state index contributed by atoms with van der Waals surface area (Å²) in [6.45, 7) is 25.6. The Kier molecular flexibility index (Phi) is 18.9. The van der Waals surface area contributed by atoms with Crippen molar-refractivity contribution in [2.45, 2.75) is 96.6 Å². The van der Waals surface area contributed by atoms with Crippen LogP contribution in [-0.2, 0) is 24.4 Å². The molecule has 6 unspecified atom stereocenters. The van der Waals surface area contributed by atoms with Gasteiger partial charge in [-0.15, -0.1) is 19.7 Å². The van der Waals surface area contributed by atoms with E-state index >= 15 is 0 Å². The molecule has 268 valence electrons. The number of aliphatic hydroxyl groups is 1. The molecule has 0 aliphatic carbocycles. The van der Waals surface area contributed by atoms with Gasteiger partial charge in [0.25, 0.3) is 0 Å². The quantitative estimate of drug-likeness (QED) is 0.0631. The molecular formula is C38H65NO7Si. The van der Waals surface area contributed by atoms with Crippen LogP contribution in [0.1, 0.15) is 58.9 Å². The number of anilines is 1. The number of unbranched alkanes of at least 4 members (excludes halogenated alkanes) is 1. The summed E-state index contributed by atoms with van der Waals surface area (Å²) in [7, 11) is 5.93. The number of methoxy groups -OCH3 is 5. The number of hydrogen-bond acceptors (Lipinski definition) is 8. The van der Waals surface area contributed by atoms with Crippen molar-refractivity contribution in [2.75, 3.05) is 53.5 Å². The van der Waals surface area contributed by atoms with Crippen molar-refractivity contribution >= 4 is 14.0 Å². The minimum absolute atomic E-state index is 0.0215. The van der Waals surface area contributed by atoms with Gasteiger partial charge in [-0.25, -0.2) is 0 Å². The zero-order chi connectivity index (χ0) is 35.8. The van der Waals surface area contributed by atoms with E-state index in [1.54, 1.807) is 35.5 Å². The van der Waals surface area contributed by atoms with Crippen molar-refractivity contribution in [1.82, 2.24) is 0 Å². The second-order valence-corrected chi connectivity index (χ2v) is 17.3. The maximum Gasteiger partial charge on any atom is 0.191 e. The third-order valence-corrected chi connectivity index (χ3v) is 11.2. The van der Waals surface area contributed by atoms with Crippen LogP contribution in [0.5, 0.6) is 11.5 Å². The molecule has 0 amide bonds. The van der Waals surface area contributed by atoms with Gasteiger partial charge in [-0.3, -0.25) is 0 Å². The zero-order valence-electron chi connectivity index (χ0n) is 31.3. The Morgan fingerprint density at radius 3 is 2.09 bits per heavy atom. The van der Waals surface area contributed by atoms with E-state index in [4.69, 9.17) is 28.1 Å². The lowest BCUT2D eigenvalue weighted by Crippen LogP contribution is -2.49. The van der Waals surface area contributed by atoms with Crippen molar-refractivity contribution in [1.29, 1.82) is 0 Å². The van der Waals surface area contributed by atoms with Crippen molar-refractivity contribution in [2.24, 2.45) is 11.8 Å². The summed E-state index contributed by atoms with van der Waals surface area (Å²) in [6.07, 6.45) is 10.2. The first-order chi connectivity index (χ1) is 22.2. The molecule has 1 rings (SSSR count). The van der Waals surface area contributed by atoms with Gasteiger partial charge in [0, 0.05) is 52.3 Å². The molecule has 0 aliphatic heterocycles. The summed E-state index contributed by atoms with van der Waals surface area (Å²) < 4.78 is 36.6. The lowest BCUT2D eigenvalue weighted by atomic mass is 9.84. The van der Waals surface area contributed by atoms with Crippen molar-refractivity contribution < 1.29 is 33.2 Å². The van der Waals surface area contributed by atoms with Crippen LogP contribution in [0.4, 0.5) is 5.69 Å². The van der Waals surface area contributed by atoms with Crippen molar-refractivity contribution in [3.63, 3.8) is 0 Å². The molecule has 1 aromatic carbocycles.